The molecule has 0 bridgehead atoms. The number of amides is 1. The van der Waals surface area contributed by atoms with E-state index in [4.69, 9.17) is 14.3 Å². The summed E-state index contributed by atoms with van der Waals surface area (Å²) < 4.78 is 11.7. The van der Waals surface area contributed by atoms with Crippen molar-refractivity contribution < 1.29 is 23.8 Å². The molecule has 0 radical (unpaired) electrons. The first-order valence-electron chi connectivity index (χ1n) is 6.81. The summed E-state index contributed by atoms with van der Waals surface area (Å²) in [7, 11) is 1.60. The molecule has 122 valence electrons. The number of carbonyl (C=O) groups is 2. The van der Waals surface area contributed by atoms with Gasteiger partial charge < -0.3 is 19.2 Å². The summed E-state index contributed by atoms with van der Waals surface area (Å²) in [5, 5.41) is 8.99. The molecule has 0 unspecified atom stereocenters. The summed E-state index contributed by atoms with van der Waals surface area (Å²) in [5.41, 5.74) is 0.104. The molecule has 2 rings (SSSR count). The van der Waals surface area contributed by atoms with Gasteiger partial charge in [0.25, 0.3) is 5.91 Å². The van der Waals surface area contributed by atoms with E-state index < -0.39 is 5.97 Å². The van der Waals surface area contributed by atoms with Gasteiger partial charge in [0.2, 0.25) is 0 Å². The molecule has 7 heteroatoms. The van der Waals surface area contributed by atoms with Crippen LogP contribution in [0.4, 0.5) is 0 Å². The fraction of sp³-hybridized carbons (Fsp3) is 0.250. The lowest BCUT2D eigenvalue weighted by molar-refractivity contribution is -0.132. The molecule has 6 nitrogen and oxygen atoms in total. The van der Waals surface area contributed by atoms with Crippen LogP contribution in [0.25, 0.3) is 0 Å². The number of nitrogens with zero attached hydrogens (tertiary/aromatic N) is 1. The third-order valence-electron chi connectivity index (χ3n) is 3.19. The number of hydrogen-bond acceptors (Lipinski definition) is 4. The van der Waals surface area contributed by atoms with E-state index in [-0.39, 0.29) is 24.6 Å². The fourth-order valence-electron chi connectivity index (χ4n) is 1.94. The number of benzene rings is 1. The molecule has 23 heavy (non-hydrogen) atoms. The van der Waals surface area contributed by atoms with Crippen LogP contribution in [-0.4, -0.2) is 35.5 Å². The molecule has 1 aromatic heterocycles. The third-order valence-corrected chi connectivity index (χ3v) is 3.72. The lowest BCUT2D eigenvalue weighted by Crippen LogP contribution is -2.30. The van der Waals surface area contributed by atoms with E-state index in [1.807, 2.05) is 12.1 Å². The minimum absolute atomic E-state index is 0.104. The number of furan rings is 1. The van der Waals surface area contributed by atoms with Gasteiger partial charge in [0.05, 0.1) is 6.54 Å². The predicted molar refractivity (Wildman–Crippen MR) is 86.5 cm³/mol. The van der Waals surface area contributed by atoms with Crippen LogP contribution in [0.5, 0.6) is 5.75 Å². The van der Waals surface area contributed by atoms with Gasteiger partial charge in [-0.25, -0.2) is 4.79 Å². The van der Waals surface area contributed by atoms with Gasteiger partial charge in [0.15, 0.2) is 6.61 Å². The average Bonchev–Trinajstić information content (AvgIpc) is 2.87. The average molecular weight is 382 g/mol. The summed E-state index contributed by atoms with van der Waals surface area (Å²) in [6.45, 7) is 1.64. The van der Waals surface area contributed by atoms with E-state index in [9.17, 15) is 9.59 Å². The molecule has 0 spiro atoms. The summed E-state index contributed by atoms with van der Waals surface area (Å²) in [6.07, 6.45) is 0. The SMILES string of the molecule is Cc1oc(CN(C)C(=O)COc2ccc(Br)cc2)cc1C(=O)O. The van der Waals surface area contributed by atoms with Crippen LogP contribution in [0.2, 0.25) is 0 Å². The van der Waals surface area contributed by atoms with Crippen molar-refractivity contribution in [2.75, 3.05) is 13.7 Å². The van der Waals surface area contributed by atoms with Crippen LogP contribution in [0, 0.1) is 6.92 Å². The van der Waals surface area contributed by atoms with Gasteiger partial charge in [-0.05, 0) is 37.3 Å². The van der Waals surface area contributed by atoms with Gasteiger partial charge >= 0.3 is 5.97 Å². The first-order chi connectivity index (χ1) is 10.9. The van der Waals surface area contributed by atoms with Gasteiger partial charge in [0, 0.05) is 11.5 Å². The third kappa shape index (κ3) is 4.59. The van der Waals surface area contributed by atoms with Crippen molar-refractivity contribution in [3.8, 4) is 5.75 Å². The Morgan fingerprint density at radius 1 is 1.30 bits per heavy atom. The van der Waals surface area contributed by atoms with Gasteiger partial charge in [-0.1, -0.05) is 15.9 Å². The molecule has 1 heterocycles. The highest BCUT2D eigenvalue weighted by molar-refractivity contribution is 9.10. The number of likely N-dealkylation sites (N-methyl/N-ethyl adjacent to an activating group) is 1. The van der Waals surface area contributed by atoms with Crippen molar-refractivity contribution in [3.05, 3.63) is 51.9 Å². The molecule has 0 fully saturated rings. The summed E-state index contributed by atoms with van der Waals surface area (Å²) in [4.78, 5) is 24.4. The highest BCUT2D eigenvalue weighted by Crippen LogP contribution is 2.17. The quantitative estimate of drug-likeness (QED) is 0.831. The molecule has 0 saturated carbocycles. The van der Waals surface area contributed by atoms with Crippen LogP contribution < -0.4 is 4.74 Å². The summed E-state index contributed by atoms with van der Waals surface area (Å²) >= 11 is 3.32. The highest BCUT2D eigenvalue weighted by Gasteiger charge is 2.17. The Morgan fingerprint density at radius 2 is 1.96 bits per heavy atom. The van der Waals surface area contributed by atoms with E-state index in [0.717, 1.165) is 4.47 Å². The lowest BCUT2D eigenvalue weighted by atomic mass is 10.2. The van der Waals surface area contributed by atoms with Gasteiger partial charge in [-0.2, -0.15) is 0 Å². The standard InChI is InChI=1S/C16H16BrNO5/c1-10-14(16(20)21)7-13(23-10)8-18(2)15(19)9-22-12-5-3-11(17)4-6-12/h3-7H,8-9H2,1-2H3,(H,20,21). The second-order valence-electron chi connectivity index (χ2n) is 4.98. The molecule has 1 amide bonds. The molecule has 0 atom stereocenters. The number of carboxylic acid groups (broad SMARTS) is 1. The lowest BCUT2D eigenvalue weighted by Gasteiger charge is -2.16. The number of carboxylic acids is 1. The number of halogens is 1. The van der Waals surface area contributed by atoms with Gasteiger partial charge in [-0.15, -0.1) is 0 Å². The normalized spacial score (nSPS) is 10.4. The minimum atomic E-state index is -1.05. The van der Waals surface area contributed by atoms with Crippen molar-refractivity contribution in [2.24, 2.45) is 0 Å². The van der Waals surface area contributed by atoms with E-state index in [2.05, 4.69) is 15.9 Å². The zero-order chi connectivity index (χ0) is 17.0. The Morgan fingerprint density at radius 3 is 2.52 bits per heavy atom. The second-order valence-corrected chi connectivity index (χ2v) is 5.90. The number of aryl methyl sites for hydroxylation is 1. The monoisotopic (exact) mass is 381 g/mol. The second kappa shape index (κ2) is 7.32. The molecule has 0 aliphatic rings. The maximum Gasteiger partial charge on any atom is 0.339 e. The topological polar surface area (TPSA) is 80.0 Å². The highest BCUT2D eigenvalue weighted by atomic mass is 79.9. The number of hydrogen-bond donors (Lipinski definition) is 1. The Bertz CT molecular complexity index is 708. The predicted octanol–water partition coefficient (Wildman–Crippen LogP) is 3.09. The van der Waals surface area contributed by atoms with Crippen molar-refractivity contribution in [1.82, 2.24) is 4.90 Å². The van der Waals surface area contributed by atoms with Crippen molar-refractivity contribution >= 4 is 27.8 Å². The van der Waals surface area contributed by atoms with E-state index in [0.29, 0.717) is 17.3 Å². The maximum absolute atomic E-state index is 12.0. The maximum atomic E-state index is 12.0. The van der Waals surface area contributed by atoms with Crippen LogP contribution in [-0.2, 0) is 11.3 Å². The Hall–Kier alpha value is -2.28. The zero-order valence-electron chi connectivity index (χ0n) is 12.7. The molecule has 2 aromatic rings. The van der Waals surface area contributed by atoms with E-state index in [1.54, 1.807) is 26.1 Å². The smallest absolute Gasteiger partial charge is 0.339 e. The molecule has 0 aliphatic carbocycles. The summed E-state index contributed by atoms with van der Waals surface area (Å²) in [6, 6.07) is 8.58. The largest absolute Gasteiger partial charge is 0.484 e. The number of ether oxygens (including phenoxy) is 1. The van der Waals surface area contributed by atoms with Gasteiger partial charge in [0.1, 0.15) is 22.8 Å². The first-order valence-corrected chi connectivity index (χ1v) is 7.61. The fourth-order valence-corrected chi connectivity index (χ4v) is 2.21. The number of aromatic carboxylic acids is 1. The van der Waals surface area contributed by atoms with Crippen LogP contribution in [0.1, 0.15) is 21.9 Å². The molecule has 0 aliphatic heterocycles. The molecule has 0 saturated heterocycles. The Labute approximate surface area is 141 Å². The van der Waals surface area contributed by atoms with Gasteiger partial charge in [-0.3, -0.25) is 4.79 Å². The Balaban J connectivity index is 1.91. The first kappa shape index (κ1) is 17.1. The minimum Gasteiger partial charge on any atom is -0.484 e. The molecular formula is C16H16BrNO5. The zero-order valence-corrected chi connectivity index (χ0v) is 14.3. The molecule has 1 aromatic carbocycles. The van der Waals surface area contributed by atoms with Crippen LogP contribution >= 0.6 is 15.9 Å². The van der Waals surface area contributed by atoms with Crippen molar-refractivity contribution in [3.63, 3.8) is 0 Å². The van der Waals surface area contributed by atoms with Crippen LogP contribution in [0.15, 0.2) is 39.2 Å². The summed E-state index contributed by atoms with van der Waals surface area (Å²) in [5.74, 6) is 0.0414. The Kier molecular flexibility index (Phi) is 5.44. The van der Waals surface area contributed by atoms with Crippen molar-refractivity contribution in [2.45, 2.75) is 13.5 Å². The number of carbonyl (C=O) groups excluding carboxylic acids is 1. The van der Waals surface area contributed by atoms with Crippen LogP contribution in [0.3, 0.4) is 0 Å². The van der Waals surface area contributed by atoms with E-state index in [1.165, 1.54) is 11.0 Å². The number of rotatable bonds is 6. The molecule has 1 N–H and O–H groups in total. The van der Waals surface area contributed by atoms with E-state index >= 15 is 0 Å². The molecular weight excluding hydrogens is 366 g/mol. The van der Waals surface area contributed by atoms with Crippen molar-refractivity contribution in [1.29, 1.82) is 0 Å².